The standard InChI is InChI=1S/C16H26N2O2S/c1-10(2)16(4,20)9-17-14(19)13-11(3)18-15(21-13)12-7-5-6-8-12/h10,12,20H,5-9H2,1-4H3,(H,17,19). The van der Waals surface area contributed by atoms with Crippen LogP contribution in [0.4, 0.5) is 0 Å². The summed E-state index contributed by atoms with van der Waals surface area (Å²) in [7, 11) is 0. The Morgan fingerprint density at radius 1 is 1.48 bits per heavy atom. The molecule has 1 unspecified atom stereocenters. The molecule has 1 saturated carbocycles. The molecule has 21 heavy (non-hydrogen) atoms. The first-order chi connectivity index (χ1) is 9.81. The predicted molar refractivity (Wildman–Crippen MR) is 85.9 cm³/mol. The molecule has 1 heterocycles. The lowest BCUT2D eigenvalue weighted by Gasteiger charge is -2.27. The topological polar surface area (TPSA) is 62.2 Å². The molecule has 0 radical (unpaired) electrons. The van der Waals surface area contributed by atoms with Gasteiger partial charge in [-0.3, -0.25) is 4.79 Å². The Bertz CT molecular complexity index is 502. The molecule has 1 aromatic heterocycles. The van der Waals surface area contributed by atoms with Gasteiger partial charge in [-0.1, -0.05) is 26.7 Å². The number of amides is 1. The molecular formula is C16H26N2O2S. The fraction of sp³-hybridized carbons (Fsp3) is 0.750. The zero-order chi connectivity index (χ0) is 15.6. The number of carbonyl (C=O) groups is 1. The molecule has 4 nitrogen and oxygen atoms in total. The van der Waals surface area contributed by atoms with E-state index in [1.807, 2.05) is 20.8 Å². The molecule has 1 amide bonds. The molecule has 118 valence electrons. The van der Waals surface area contributed by atoms with Gasteiger partial charge in [0.1, 0.15) is 4.88 Å². The lowest BCUT2D eigenvalue weighted by molar-refractivity contribution is 0.0142. The average Bonchev–Trinajstić information content (AvgIpc) is 3.04. The third-order valence-corrected chi connectivity index (χ3v) is 5.89. The highest BCUT2D eigenvalue weighted by atomic mass is 32.1. The second kappa shape index (κ2) is 6.44. The Morgan fingerprint density at radius 3 is 2.67 bits per heavy atom. The van der Waals surface area contributed by atoms with Crippen LogP contribution < -0.4 is 5.32 Å². The van der Waals surface area contributed by atoms with Gasteiger partial charge in [-0.25, -0.2) is 4.98 Å². The monoisotopic (exact) mass is 310 g/mol. The molecule has 1 aliphatic carbocycles. The number of nitrogens with zero attached hydrogens (tertiary/aromatic N) is 1. The molecule has 2 N–H and O–H groups in total. The molecule has 0 spiro atoms. The summed E-state index contributed by atoms with van der Waals surface area (Å²) in [5.41, 5.74) is -0.0775. The van der Waals surface area contributed by atoms with E-state index in [4.69, 9.17) is 0 Å². The van der Waals surface area contributed by atoms with E-state index >= 15 is 0 Å². The van der Waals surface area contributed by atoms with E-state index < -0.39 is 5.60 Å². The minimum absolute atomic E-state index is 0.0920. The number of aliphatic hydroxyl groups is 1. The van der Waals surface area contributed by atoms with Crippen molar-refractivity contribution in [1.29, 1.82) is 0 Å². The van der Waals surface area contributed by atoms with Crippen molar-refractivity contribution in [2.45, 2.75) is 64.9 Å². The summed E-state index contributed by atoms with van der Waals surface area (Å²) in [5, 5.41) is 14.2. The third kappa shape index (κ3) is 3.83. The Morgan fingerprint density at radius 2 is 2.10 bits per heavy atom. The number of thiazole rings is 1. The normalized spacial score (nSPS) is 19.0. The van der Waals surface area contributed by atoms with E-state index in [9.17, 15) is 9.90 Å². The van der Waals surface area contributed by atoms with Gasteiger partial charge in [-0.05, 0) is 32.6 Å². The maximum Gasteiger partial charge on any atom is 0.263 e. The fourth-order valence-corrected chi connectivity index (χ4v) is 3.67. The largest absolute Gasteiger partial charge is 0.388 e. The van der Waals surface area contributed by atoms with E-state index in [0.717, 1.165) is 10.7 Å². The first kappa shape index (κ1) is 16.4. The van der Waals surface area contributed by atoms with E-state index in [1.54, 1.807) is 6.92 Å². The highest BCUT2D eigenvalue weighted by Crippen LogP contribution is 2.37. The molecule has 0 bridgehead atoms. The first-order valence-corrected chi connectivity index (χ1v) is 8.61. The molecule has 1 aromatic rings. The first-order valence-electron chi connectivity index (χ1n) is 7.79. The maximum absolute atomic E-state index is 12.3. The fourth-order valence-electron chi connectivity index (χ4n) is 2.52. The number of aromatic nitrogens is 1. The van der Waals surface area contributed by atoms with Gasteiger partial charge in [0.2, 0.25) is 0 Å². The Kier molecular flexibility index (Phi) is 5.04. The van der Waals surface area contributed by atoms with Gasteiger partial charge in [0.05, 0.1) is 16.3 Å². The molecule has 1 fully saturated rings. The van der Waals surface area contributed by atoms with Crippen LogP contribution in [0.5, 0.6) is 0 Å². The van der Waals surface area contributed by atoms with Crippen LogP contribution in [0.2, 0.25) is 0 Å². The highest BCUT2D eigenvalue weighted by molar-refractivity contribution is 7.13. The van der Waals surface area contributed by atoms with Crippen LogP contribution in [0.25, 0.3) is 0 Å². The number of hydrogen-bond acceptors (Lipinski definition) is 4. The van der Waals surface area contributed by atoms with Crippen LogP contribution in [0.15, 0.2) is 0 Å². The third-order valence-electron chi connectivity index (χ3n) is 4.57. The molecule has 2 rings (SSSR count). The lowest BCUT2D eigenvalue weighted by atomic mass is 9.92. The summed E-state index contributed by atoms with van der Waals surface area (Å²) in [5.74, 6) is 0.513. The maximum atomic E-state index is 12.3. The summed E-state index contributed by atoms with van der Waals surface area (Å²) < 4.78 is 0. The van der Waals surface area contributed by atoms with Crippen LogP contribution >= 0.6 is 11.3 Å². The van der Waals surface area contributed by atoms with Gasteiger partial charge in [0, 0.05) is 12.5 Å². The van der Waals surface area contributed by atoms with E-state index in [2.05, 4.69) is 10.3 Å². The number of rotatable bonds is 5. The molecule has 1 aliphatic rings. The minimum Gasteiger partial charge on any atom is -0.388 e. The van der Waals surface area contributed by atoms with Crippen molar-refractivity contribution in [3.63, 3.8) is 0 Å². The molecule has 0 aliphatic heterocycles. The molecule has 0 saturated heterocycles. The Balaban J connectivity index is 2.02. The van der Waals surface area contributed by atoms with Crippen LogP contribution in [0, 0.1) is 12.8 Å². The van der Waals surface area contributed by atoms with E-state index in [-0.39, 0.29) is 18.4 Å². The Hall–Kier alpha value is -0.940. The lowest BCUT2D eigenvalue weighted by Crippen LogP contribution is -2.44. The van der Waals surface area contributed by atoms with Gasteiger partial charge in [-0.15, -0.1) is 11.3 Å². The minimum atomic E-state index is -0.886. The quantitative estimate of drug-likeness (QED) is 0.877. The predicted octanol–water partition coefficient (Wildman–Crippen LogP) is 3.25. The van der Waals surface area contributed by atoms with Crippen molar-refractivity contribution in [2.24, 2.45) is 5.92 Å². The van der Waals surface area contributed by atoms with Crippen molar-refractivity contribution >= 4 is 17.2 Å². The van der Waals surface area contributed by atoms with Crippen LogP contribution in [-0.4, -0.2) is 28.1 Å². The molecule has 0 aromatic carbocycles. The van der Waals surface area contributed by atoms with Gasteiger partial charge in [-0.2, -0.15) is 0 Å². The summed E-state index contributed by atoms with van der Waals surface area (Å²) in [4.78, 5) is 17.6. The smallest absolute Gasteiger partial charge is 0.263 e. The number of carbonyl (C=O) groups excluding carboxylic acids is 1. The van der Waals surface area contributed by atoms with Crippen molar-refractivity contribution in [2.75, 3.05) is 6.54 Å². The zero-order valence-corrected chi connectivity index (χ0v) is 14.2. The second-order valence-corrected chi connectivity index (χ2v) is 7.67. The van der Waals surface area contributed by atoms with Crippen LogP contribution in [0.3, 0.4) is 0 Å². The van der Waals surface area contributed by atoms with Gasteiger partial charge in [0.25, 0.3) is 5.91 Å². The highest BCUT2D eigenvalue weighted by Gasteiger charge is 2.27. The Labute approximate surface area is 131 Å². The number of hydrogen-bond donors (Lipinski definition) is 2. The van der Waals surface area contributed by atoms with Gasteiger partial charge >= 0.3 is 0 Å². The van der Waals surface area contributed by atoms with Crippen molar-refractivity contribution in [3.8, 4) is 0 Å². The van der Waals surface area contributed by atoms with Crippen LogP contribution in [-0.2, 0) is 0 Å². The summed E-state index contributed by atoms with van der Waals surface area (Å²) in [6.07, 6.45) is 4.91. The second-order valence-electron chi connectivity index (χ2n) is 6.64. The van der Waals surface area contributed by atoms with E-state index in [1.165, 1.54) is 37.0 Å². The van der Waals surface area contributed by atoms with Crippen LogP contribution in [0.1, 0.15) is 72.7 Å². The van der Waals surface area contributed by atoms with Gasteiger partial charge < -0.3 is 10.4 Å². The molecule has 5 heteroatoms. The summed E-state index contributed by atoms with van der Waals surface area (Å²) in [6, 6.07) is 0. The number of aryl methyl sites for hydroxylation is 1. The van der Waals surface area contributed by atoms with Gasteiger partial charge in [0.15, 0.2) is 0 Å². The average molecular weight is 310 g/mol. The van der Waals surface area contributed by atoms with E-state index in [0.29, 0.717) is 10.8 Å². The molecular weight excluding hydrogens is 284 g/mol. The van der Waals surface area contributed by atoms with Crippen molar-refractivity contribution in [1.82, 2.24) is 10.3 Å². The van der Waals surface area contributed by atoms with Crippen molar-refractivity contribution in [3.05, 3.63) is 15.6 Å². The SMILES string of the molecule is Cc1nc(C2CCCC2)sc1C(=O)NCC(C)(O)C(C)C. The number of nitrogens with one attached hydrogen (secondary N) is 1. The summed E-state index contributed by atoms with van der Waals surface area (Å²) in [6.45, 7) is 7.80. The van der Waals surface area contributed by atoms with Crippen molar-refractivity contribution < 1.29 is 9.90 Å². The summed E-state index contributed by atoms with van der Waals surface area (Å²) >= 11 is 1.52. The zero-order valence-electron chi connectivity index (χ0n) is 13.4. The molecule has 1 atom stereocenters.